The van der Waals surface area contributed by atoms with Gasteiger partial charge < -0.3 is 19.5 Å². The number of hydrogen-bond acceptors (Lipinski definition) is 4. The Morgan fingerprint density at radius 2 is 2.00 bits per heavy atom. The minimum Gasteiger partial charge on any atom is -0.486 e. The van der Waals surface area contributed by atoms with E-state index in [0.717, 1.165) is 25.7 Å². The number of nitrogens with zero attached hydrogens (tertiary/aromatic N) is 1. The number of fused-ring (bicyclic) bond motifs is 1. The molecule has 0 bridgehead atoms. The van der Waals surface area contributed by atoms with E-state index in [2.05, 4.69) is 0 Å². The summed E-state index contributed by atoms with van der Waals surface area (Å²) in [4.78, 5) is 14.2. The summed E-state index contributed by atoms with van der Waals surface area (Å²) in [6.07, 6.45) is 3.57. The molecule has 0 saturated heterocycles. The predicted octanol–water partition coefficient (Wildman–Crippen LogP) is 1.83. The minimum absolute atomic E-state index is 0.141. The van der Waals surface area contributed by atoms with Gasteiger partial charge >= 0.3 is 0 Å². The third-order valence-corrected chi connectivity index (χ3v) is 4.21. The van der Waals surface area contributed by atoms with Crippen molar-refractivity contribution in [3.63, 3.8) is 0 Å². The molecular weight excluding hydrogens is 270 g/mol. The highest BCUT2D eigenvalue weighted by Crippen LogP contribution is 2.35. The Kier molecular flexibility index (Phi) is 3.76. The molecule has 21 heavy (non-hydrogen) atoms. The van der Waals surface area contributed by atoms with Crippen molar-refractivity contribution >= 4 is 5.91 Å². The first-order valence-corrected chi connectivity index (χ1v) is 7.46. The van der Waals surface area contributed by atoms with Crippen LogP contribution in [0.1, 0.15) is 36.0 Å². The van der Waals surface area contributed by atoms with Crippen LogP contribution >= 0.6 is 0 Å². The Labute approximate surface area is 124 Å². The van der Waals surface area contributed by atoms with Crippen molar-refractivity contribution < 1.29 is 19.4 Å². The molecule has 0 aromatic heterocycles. The lowest BCUT2D eigenvalue weighted by Gasteiger charge is -2.29. The third-order valence-electron chi connectivity index (χ3n) is 4.21. The first-order valence-electron chi connectivity index (χ1n) is 7.46. The van der Waals surface area contributed by atoms with Crippen LogP contribution in [0.5, 0.6) is 11.5 Å². The molecule has 1 aliphatic heterocycles. The molecule has 1 N–H and O–H groups in total. The van der Waals surface area contributed by atoms with Crippen LogP contribution in [0.4, 0.5) is 0 Å². The number of rotatable bonds is 3. The summed E-state index contributed by atoms with van der Waals surface area (Å²) in [7, 11) is 1.72. The lowest BCUT2D eigenvalue weighted by Crippen LogP contribution is -2.42. The van der Waals surface area contributed by atoms with Crippen molar-refractivity contribution in [1.29, 1.82) is 0 Å². The molecule has 3 rings (SSSR count). The molecule has 0 unspecified atom stereocenters. The molecule has 5 heteroatoms. The van der Waals surface area contributed by atoms with Gasteiger partial charge in [0.15, 0.2) is 11.5 Å². The second-order valence-electron chi connectivity index (χ2n) is 5.92. The molecule has 0 radical (unpaired) electrons. The average molecular weight is 291 g/mol. The van der Waals surface area contributed by atoms with E-state index in [-0.39, 0.29) is 5.91 Å². The van der Waals surface area contributed by atoms with Gasteiger partial charge in [-0.2, -0.15) is 0 Å². The molecule has 1 aromatic carbocycles. The zero-order valence-corrected chi connectivity index (χ0v) is 12.3. The summed E-state index contributed by atoms with van der Waals surface area (Å²) in [5, 5.41) is 10.4. The van der Waals surface area contributed by atoms with E-state index in [4.69, 9.17) is 9.47 Å². The van der Waals surface area contributed by atoms with Crippen LogP contribution in [0.25, 0.3) is 0 Å². The highest BCUT2D eigenvalue weighted by Gasteiger charge is 2.34. The first kappa shape index (κ1) is 14.2. The molecule has 1 aromatic rings. The van der Waals surface area contributed by atoms with Gasteiger partial charge in [-0.25, -0.2) is 0 Å². The molecule has 1 fully saturated rings. The van der Waals surface area contributed by atoms with Crippen LogP contribution in [0.3, 0.4) is 0 Å². The van der Waals surface area contributed by atoms with Gasteiger partial charge in [-0.1, -0.05) is 18.9 Å². The van der Waals surface area contributed by atoms with Gasteiger partial charge in [-0.3, -0.25) is 4.79 Å². The quantitative estimate of drug-likeness (QED) is 0.923. The monoisotopic (exact) mass is 291 g/mol. The number of hydrogen-bond donors (Lipinski definition) is 1. The molecule has 0 atom stereocenters. The largest absolute Gasteiger partial charge is 0.486 e. The zero-order valence-electron chi connectivity index (χ0n) is 12.3. The maximum Gasteiger partial charge on any atom is 0.257 e. The number of carbonyl (C=O) groups excluding carboxylic acids is 1. The minimum atomic E-state index is -0.739. The number of ether oxygens (including phenoxy) is 2. The van der Waals surface area contributed by atoms with Gasteiger partial charge in [-0.05, 0) is 25.0 Å². The van der Waals surface area contributed by atoms with Crippen molar-refractivity contribution in [1.82, 2.24) is 4.90 Å². The highest BCUT2D eigenvalue weighted by molar-refractivity contribution is 5.97. The summed E-state index contributed by atoms with van der Waals surface area (Å²) in [6, 6.07) is 5.33. The van der Waals surface area contributed by atoms with E-state index < -0.39 is 5.60 Å². The summed E-state index contributed by atoms with van der Waals surface area (Å²) in [6.45, 7) is 1.31. The lowest BCUT2D eigenvalue weighted by atomic mass is 10.0. The predicted molar refractivity (Wildman–Crippen MR) is 77.8 cm³/mol. The fraction of sp³-hybridized carbons (Fsp3) is 0.562. The van der Waals surface area contributed by atoms with Crippen LogP contribution in [-0.2, 0) is 0 Å². The Morgan fingerprint density at radius 1 is 1.29 bits per heavy atom. The normalized spacial score (nSPS) is 19.3. The number of benzene rings is 1. The van der Waals surface area contributed by atoms with Crippen molar-refractivity contribution in [2.24, 2.45) is 0 Å². The van der Waals surface area contributed by atoms with E-state index in [9.17, 15) is 9.90 Å². The Balaban J connectivity index is 1.78. The number of carbonyl (C=O) groups is 1. The maximum atomic E-state index is 12.6. The van der Waals surface area contributed by atoms with Gasteiger partial charge in [0, 0.05) is 13.6 Å². The third kappa shape index (κ3) is 2.83. The SMILES string of the molecule is CN(CC1(O)CCCC1)C(=O)c1cccc2c1OCCO2. The second kappa shape index (κ2) is 5.56. The van der Waals surface area contributed by atoms with Crippen LogP contribution in [0.2, 0.25) is 0 Å². The highest BCUT2D eigenvalue weighted by atomic mass is 16.6. The summed E-state index contributed by atoms with van der Waals surface area (Å²) in [5.74, 6) is 0.983. The van der Waals surface area contributed by atoms with Gasteiger partial charge in [0.05, 0.1) is 11.2 Å². The van der Waals surface area contributed by atoms with Gasteiger partial charge in [0.1, 0.15) is 13.2 Å². The van der Waals surface area contributed by atoms with Crippen LogP contribution in [-0.4, -0.2) is 48.3 Å². The van der Waals surface area contributed by atoms with Crippen molar-refractivity contribution in [2.75, 3.05) is 26.8 Å². The molecule has 2 aliphatic rings. The topological polar surface area (TPSA) is 59.0 Å². The zero-order chi connectivity index (χ0) is 14.9. The van der Waals surface area contributed by atoms with E-state index in [1.165, 1.54) is 0 Å². The Bertz CT molecular complexity index is 537. The summed E-state index contributed by atoms with van der Waals surface area (Å²) < 4.78 is 11.1. The number of para-hydroxylation sites is 1. The molecule has 114 valence electrons. The number of amides is 1. The smallest absolute Gasteiger partial charge is 0.257 e. The Hall–Kier alpha value is -1.75. The van der Waals surface area contributed by atoms with Crippen molar-refractivity contribution in [3.8, 4) is 11.5 Å². The fourth-order valence-corrected chi connectivity index (χ4v) is 3.15. The Morgan fingerprint density at radius 3 is 2.76 bits per heavy atom. The van der Waals surface area contributed by atoms with Gasteiger partial charge in [-0.15, -0.1) is 0 Å². The van der Waals surface area contributed by atoms with Crippen LogP contribution in [0, 0.1) is 0 Å². The van der Waals surface area contributed by atoms with Gasteiger partial charge in [0.25, 0.3) is 5.91 Å². The standard InChI is InChI=1S/C16H21NO4/c1-17(11-16(19)7-2-3-8-16)15(18)12-5-4-6-13-14(12)21-10-9-20-13/h4-6,19H,2-3,7-11H2,1H3. The number of aliphatic hydroxyl groups is 1. The van der Waals surface area contributed by atoms with E-state index >= 15 is 0 Å². The second-order valence-corrected chi connectivity index (χ2v) is 5.92. The molecule has 5 nitrogen and oxygen atoms in total. The van der Waals surface area contributed by atoms with E-state index in [0.29, 0.717) is 36.8 Å². The van der Waals surface area contributed by atoms with E-state index in [1.54, 1.807) is 30.1 Å². The molecule has 0 spiro atoms. The van der Waals surface area contributed by atoms with Crippen LogP contribution in [0.15, 0.2) is 18.2 Å². The summed E-state index contributed by atoms with van der Waals surface area (Å²) >= 11 is 0. The maximum absolute atomic E-state index is 12.6. The van der Waals surface area contributed by atoms with E-state index in [1.807, 2.05) is 0 Å². The molecule has 1 heterocycles. The lowest BCUT2D eigenvalue weighted by molar-refractivity contribution is 0.0154. The average Bonchev–Trinajstić information content (AvgIpc) is 2.92. The summed E-state index contributed by atoms with van der Waals surface area (Å²) in [5.41, 5.74) is -0.243. The van der Waals surface area contributed by atoms with Crippen molar-refractivity contribution in [2.45, 2.75) is 31.3 Å². The van der Waals surface area contributed by atoms with Gasteiger partial charge in [0.2, 0.25) is 0 Å². The first-order chi connectivity index (χ1) is 10.1. The van der Waals surface area contributed by atoms with Crippen molar-refractivity contribution in [3.05, 3.63) is 23.8 Å². The fourth-order valence-electron chi connectivity index (χ4n) is 3.15. The van der Waals surface area contributed by atoms with Crippen LogP contribution < -0.4 is 9.47 Å². The molecular formula is C16H21NO4. The molecule has 1 aliphatic carbocycles. The number of likely N-dealkylation sites (N-methyl/N-ethyl adjacent to an activating group) is 1. The molecule has 1 saturated carbocycles. The molecule has 1 amide bonds.